The number of carbonyl (C=O) groups is 17. The third-order valence-corrected chi connectivity index (χ3v) is 22.4. The number of aliphatic hydroxyl groups excluding tert-OH is 2. The lowest BCUT2D eigenvalue weighted by Gasteiger charge is -2.29. The van der Waals surface area contributed by atoms with Gasteiger partial charge in [-0.15, -0.1) is 0 Å². The van der Waals surface area contributed by atoms with Gasteiger partial charge >= 0.3 is 11.9 Å². The molecule has 15 amide bonds. The van der Waals surface area contributed by atoms with Crippen molar-refractivity contribution in [3.8, 4) is 5.75 Å². The molecule has 16 atom stereocenters. The molecule has 137 heavy (non-hydrogen) atoms. The summed E-state index contributed by atoms with van der Waals surface area (Å²) < 4.78 is 0. The van der Waals surface area contributed by atoms with Gasteiger partial charge in [0.05, 0.1) is 25.8 Å². The van der Waals surface area contributed by atoms with E-state index in [1.54, 1.807) is 71.3 Å². The number of carbonyl (C=O) groups excluding carboxylic acids is 15. The molecule has 40 N–H and O–H groups in total. The molecule has 0 saturated heterocycles. The molecule has 3 aromatic rings. The van der Waals surface area contributed by atoms with E-state index in [4.69, 9.17) is 56.0 Å². The third-order valence-electron chi connectivity index (χ3n) is 21.8. The number of primary amides is 1. The average Bonchev–Trinajstić information content (AvgIpc) is 1.74. The summed E-state index contributed by atoms with van der Waals surface area (Å²) in [5.41, 5.74) is 35.1. The Morgan fingerprint density at radius 1 is 0.409 bits per heavy atom. The van der Waals surface area contributed by atoms with E-state index < -0.39 is 272 Å². The SMILES string of the molecule is CC[C@H](C)[C@H](NC(=O)[C@H](Cc1ccc(O)cc1)NC(=O)[C@H](CCCNC(=N)N)NC(=O)[C@H](CO)NC(=O)[C@H](CCC(N)=O)NC(=O)[C@@H](NC(=O)[C@H](CO)NC(=O)CNC(=O)[C@H](Cc1c[nH]c2ccccc12)NC(=O)[C@H](CC(C)C)NC(=O)[C@H](CCCNC(=N)N)NC(=O)[C@H](CCCNC(=N)N)NC(=O)[C@H](CCCNC(=N)N)NC(=O)[C@H](CCC(=O)O)NC(=O)[C@@H](N)CCSC)[C@@H](C)CC)C(=O)O. The number of para-hydroxylation sites is 1. The van der Waals surface area contributed by atoms with Crippen LogP contribution in [0.4, 0.5) is 0 Å². The van der Waals surface area contributed by atoms with E-state index in [1.165, 1.54) is 43.0 Å². The third kappa shape index (κ3) is 44.4. The maximum atomic E-state index is 15.0. The van der Waals surface area contributed by atoms with Gasteiger partial charge in [-0.2, -0.15) is 11.8 Å². The zero-order valence-electron chi connectivity index (χ0n) is 77.9. The Bertz CT molecular complexity index is 4590. The molecule has 2 aromatic carbocycles. The monoisotopic (exact) mass is 1950 g/mol. The first-order chi connectivity index (χ1) is 64.8. The maximum absolute atomic E-state index is 15.0. The van der Waals surface area contributed by atoms with Crippen molar-refractivity contribution in [3.05, 3.63) is 65.9 Å². The number of nitrogens with one attached hydrogen (secondary N) is 23. The average molecular weight is 1950 g/mol. The van der Waals surface area contributed by atoms with Gasteiger partial charge in [-0.05, 0) is 136 Å². The number of hydrogen-bond acceptors (Lipinski definition) is 26. The number of thioether (sulfide) groups is 1. The van der Waals surface area contributed by atoms with Crippen molar-refractivity contribution in [1.82, 2.24) is 101 Å². The minimum atomic E-state index is -1.95. The first-order valence-corrected chi connectivity index (χ1v) is 46.2. The Balaban J connectivity index is 1.99. The largest absolute Gasteiger partial charge is 0.508 e. The summed E-state index contributed by atoms with van der Waals surface area (Å²) in [6, 6.07) is -9.90. The zero-order valence-corrected chi connectivity index (χ0v) is 78.8. The molecule has 0 fully saturated rings. The number of aromatic nitrogens is 1. The molecule has 1 aromatic heterocycles. The molecule has 0 unspecified atom stereocenters. The van der Waals surface area contributed by atoms with Crippen molar-refractivity contribution in [2.75, 3.05) is 57.9 Å². The van der Waals surface area contributed by atoms with Crippen molar-refractivity contribution >= 4 is 147 Å². The van der Waals surface area contributed by atoms with Crippen LogP contribution in [-0.2, 0) is 94.3 Å². The summed E-state index contributed by atoms with van der Waals surface area (Å²) in [5.74, 6) is -21.5. The number of hydrogen-bond donors (Lipinski definition) is 34. The standard InChI is InChI=1S/C85H139N29O22S/c1-8-44(5)66(80(134)108-56(26-28-63(87)118)75(129)112-62(42-116)78(132)107-55(21-15-34-99-85(94)95)73(127)110-59(37-46-22-24-48(117)25-23-46)77(131)114-67(81(135)136)45(6)9-2)113-79(133)61(41-115)102-64(119)40-101-69(123)60(38-47-39-100-51-17-11-10-16-49(47)51)111-76(130)58(36-43(3)4)109-72(126)54(20-14-33-98-84(92)93)105-70(124)52(18-12-31-96-82(88)89)104-71(125)53(19-13-32-97-83(90)91)106-74(128)57(27-29-65(120)121)103-68(122)50(86)30-35-137-7/h10-11,16-17,22-25,39,43-45,50,52-62,66-67,100,115-117H,8-9,12-15,18-21,26-38,40-42,86H2,1-7H3,(H2,87,118)(H,101,123)(H,102,119)(H,103,122)(H,104,125)(H,105,124)(H,106,128)(H,107,132)(H,108,134)(H,109,126)(H,110,127)(H,111,130)(H,112,129)(H,113,133)(H,114,131)(H,120,121)(H,135,136)(H4,88,89,96)(H4,90,91,97)(H4,92,93,98)(H4,94,95,99)/t44-,45-,50-,52-,53-,54-,55-,56-,57-,58-,59-,60-,61-,62-,66-,67-/m0/s1. The van der Waals surface area contributed by atoms with Gasteiger partial charge in [0.15, 0.2) is 23.8 Å². The van der Waals surface area contributed by atoms with Crippen molar-refractivity contribution in [3.63, 3.8) is 0 Å². The molecule has 0 aliphatic rings. The van der Waals surface area contributed by atoms with Gasteiger partial charge in [-0.25, -0.2) is 4.79 Å². The summed E-state index contributed by atoms with van der Waals surface area (Å²) >= 11 is 1.40. The minimum Gasteiger partial charge on any atom is -0.508 e. The highest BCUT2D eigenvalue weighted by Gasteiger charge is 2.40. The van der Waals surface area contributed by atoms with E-state index in [0.29, 0.717) is 34.2 Å². The number of nitrogens with two attached hydrogens (primary N) is 6. The van der Waals surface area contributed by atoms with Gasteiger partial charge < -0.3 is 161 Å². The van der Waals surface area contributed by atoms with Crippen molar-refractivity contribution < 1.29 is 107 Å². The van der Waals surface area contributed by atoms with Crippen LogP contribution in [0.25, 0.3) is 10.9 Å². The van der Waals surface area contributed by atoms with Gasteiger partial charge in [0.1, 0.15) is 84.3 Å². The quantitative estimate of drug-likeness (QED) is 0.0142. The number of phenols is 1. The van der Waals surface area contributed by atoms with Gasteiger partial charge in [0.25, 0.3) is 0 Å². The summed E-state index contributed by atoms with van der Waals surface area (Å²) in [4.78, 5) is 240. The summed E-state index contributed by atoms with van der Waals surface area (Å²) in [7, 11) is 0. The highest BCUT2D eigenvalue weighted by atomic mass is 32.2. The molecule has 762 valence electrons. The van der Waals surface area contributed by atoms with Crippen LogP contribution in [0.15, 0.2) is 54.7 Å². The molecule has 0 bridgehead atoms. The van der Waals surface area contributed by atoms with Crippen LogP contribution in [0, 0.1) is 39.4 Å². The predicted octanol–water partition coefficient (Wildman–Crippen LogP) is -7.45. The van der Waals surface area contributed by atoms with Crippen LogP contribution in [-0.4, -0.2) is 297 Å². The summed E-state index contributed by atoms with van der Waals surface area (Å²) in [6.07, 6.45) is 0.189. The molecular weight excluding hydrogens is 1810 g/mol. The maximum Gasteiger partial charge on any atom is 0.326 e. The first-order valence-electron chi connectivity index (χ1n) is 44.8. The number of aromatic amines is 1. The molecule has 52 heteroatoms. The van der Waals surface area contributed by atoms with Gasteiger partial charge in [0.2, 0.25) is 88.6 Å². The number of fused-ring (bicyclic) bond motifs is 1. The minimum absolute atomic E-state index is 0.00379. The lowest BCUT2D eigenvalue weighted by atomic mass is 9.97. The summed E-state index contributed by atoms with van der Waals surface area (Å²) in [6.45, 7) is 6.42. The number of carboxylic acids is 2. The molecule has 0 aliphatic heterocycles. The van der Waals surface area contributed by atoms with Crippen molar-refractivity contribution in [2.24, 2.45) is 52.2 Å². The number of aliphatic hydroxyl groups is 2. The normalized spacial score (nSPS) is 14.6. The Hall–Kier alpha value is -13.9. The fourth-order valence-electron chi connectivity index (χ4n) is 13.7. The Morgan fingerprint density at radius 3 is 1.20 bits per heavy atom. The van der Waals surface area contributed by atoms with E-state index in [-0.39, 0.29) is 115 Å². The van der Waals surface area contributed by atoms with E-state index in [0.717, 1.165) is 0 Å². The molecule has 0 spiro atoms. The Kier molecular flexibility index (Phi) is 52.9. The number of aliphatic carboxylic acids is 2. The fraction of sp³-hybridized carbons (Fsp3) is 0.588. The zero-order chi connectivity index (χ0) is 103. The van der Waals surface area contributed by atoms with Crippen molar-refractivity contribution in [2.45, 2.75) is 242 Å². The van der Waals surface area contributed by atoms with E-state index in [9.17, 15) is 107 Å². The van der Waals surface area contributed by atoms with Crippen LogP contribution in [0.1, 0.15) is 155 Å². The number of rotatable bonds is 66. The second-order valence-electron chi connectivity index (χ2n) is 33.2. The molecule has 0 saturated carbocycles. The van der Waals surface area contributed by atoms with E-state index >= 15 is 0 Å². The van der Waals surface area contributed by atoms with Crippen LogP contribution in [0.2, 0.25) is 0 Å². The van der Waals surface area contributed by atoms with Crippen LogP contribution in [0.3, 0.4) is 0 Å². The molecule has 0 aliphatic carbocycles. The number of aromatic hydroxyl groups is 1. The second-order valence-corrected chi connectivity index (χ2v) is 34.2. The molecule has 51 nitrogen and oxygen atoms in total. The van der Waals surface area contributed by atoms with Crippen LogP contribution < -0.4 is 130 Å². The molecule has 3 rings (SSSR count). The number of guanidine groups is 4. The molecule has 1 heterocycles. The number of phenolic OH excluding ortho intramolecular Hbond substituents is 1. The Morgan fingerprint density at radius 2 is 0.774 bits per heavy atom. The smallest absolute Gasteiger partial charge is 0.326 e. The highest BCUT2D eigenvalue weighted by molar-refractivity contribution is 7.98. The summed E-state index contributed by atoms with van der Waals surface area (Å²) in [5, 5.41) is 127. The lowest BCUT2D eigenvalue weighted by molar-refractivity contribution is -0.144. The van der Waals surface area contributed by atoms with E-state index in [1.807, 2.05) is 0 Å². The number of carboxylic acid groups (broad SMARTS) is 2. The second kappa shape index (κ2) is 61.9. The topological polar surface area (TPSA) is 875 Å². The van der Waals surface area contributed by atoms with Gasteiger partial charge in [-0.3, -0.25) is 98.3 Å². The number of amides is 15. The van der Waals surface area contributed by atoms with E-state index in [2.05, 4.69) is 101 Å². The first kappa shape index (κ1) is 117. The number of benzene rings is 2. The molecular formula is C85H139N29O22S. The fourth-order valence-corrected chi connectivity index (χ4v) is 14.2. The van der Waals surface area contributed by atoms with Gasteiger partial charge in [0, 0.05) is 69.0 Å². The van der Waals surface area contributed by atoms with Gasteiger partial charge in [-0.1, -0.05) is 84.7 Å². The van der Waals surface area contributed by atoms with Crippen molar-refractivity contribution in [1.29, 1.82) is 21.6 Å². The Labute approximate surface area is 796 Å². The van der Waals surface area contributed by atoms with Crippen LogP contribution >= 0.6 is 11.8 Å². The lowest BCUT2D eigenvalue weighted by Crippen LogP contribution is -2.61. The predicted molar refractivity (Wildman–Crippen MR) is 505 cm³/mol. The molecule has 0 radical (unpaired) electrons. The highest BCUT2D eigenvalue weighted by Crippen LogP contribution is 2.22. The number of H-pyrrole nitrogens is 1. The van der Waals surface area contributed by atoms with Crippen LogP contribution in [0.5, 0.6) is 5.75 Å².